The Hall–Kier alpha value is -11.9. The summed E-state index contributed by atoms with van der Waals surface area (Å²) in [6.45, 7) is 37.9. The van der Waals surface area contributed by atoms with Crippen LogP contribution in [0.15, 0.2) is 316 Å². The Morgan fingerprint density at radius 3 is 0.976 bits per heavy atom. The zero-order chi connectivity index (χ0) is 89.2. The number of hydrogen-bond acceptors (Lipinski definition) is 12. The Kier molecular flexibility index (Phi) is 31.2. The Labute approximate surface area is 773 Å². The number of fused-ring (bicyclic) bond motifs is 6. The van der Waals surface area contributed by atoms with Gasteiger partial charge >= 0.3 is 0 Å². The third-order valence-electron chi connectivity index (χ3n) is 23.4. The fraction of sp³-hybridized carbons (Fsp3) is 0.212. The minimum atomic E-state index is -0.0606. The van der Waals surface area contributed by atoms with Crippen molar-refractivity contribution in [2.75, 3.05) is 39.3 Å². The van der Waals surface area contributed by atoms with Crippen LogP contribution in [-0.2, 0) is 68.0 Å². The van der Waals surface area contributed by atoms with Crippen LogP contribution in [0.25, 0.3) is 0 Å². The highest BCUT2D eigenvalue weighted by Gasteiger charge is 2.37. The van der Waals surface area contributed by atoms with E-state index in [1.165, 1.54) is 112 Å². The molecule has 0 N–H and O–H groups in total. The molecule has 16 nitrogen and oxygen atoms in total. The second-order valence-corrected chi connectivity index (χ2v) is 36.9. The Balaban J connectivity index is 0.000000130. The highest BCUT2D eigenvalue weighted by molar-refractivity contribution is 9.10. The standard InChI is InChI=1S/2C18H19NOS.2C17H15BrN2O.2C17H15ClN2O/c2*1-4-18(20)19-10-16(14-8-6-5-7-12(14)2)15-9-13(3)21-17(15)11-19;2*1-2-16(21)20-10-13-8-14(18)9-19-17(13)15(11-20)12-6-4-3-5-7-12;2*1-2-17(21)20-10-13-8-14(18)5-6-15(13)16(11-20)12-4-3-7-19-9-12/h2*4-9,16H,1,10-11H2,2-3H3;2*2-9,15H,1,10-11H2;2*2-9,16H,1,10-11H2/t2*16-;2*15-;2*16-/m101010/s1. The molecule has 0 aliphatic carbocycles. The zero-order valence-electron chi connectivity index (χ0n) is 70.8. The van der Waals surface area contributed by atoms with Crippen LogP contribution in [-0.4, -0.2) is 124 Å². The van der Waals surface area contributed by atoms with Gasteiger partial charge in [-0.25, -0.2) is 0 Å². The van der Waals surface area contributed by atoms with E-state index in [1.54, 1.807) is 44.9 Å². The lowest BCUT2D eigenvalue weighted by molar-refractivity contribution is -0.127. The maximum absolute atomic E-state index is 12.1. The van der Waals surface area contributed by atoms with Crippen LogP contribution >= 0.6 is 77.7 Å². The number of aryl methyl sites for hydroxylation is 4. The summed E-state index contributed by atoms with van der Waals surface area (Å²) >= 11 is 22.7. The molecule has 0 saturated carbocycles. The largest absolute Gasteiger partial charge is 0.334 e. The zero-order valence-corrected chi connectivity index (χ0v) is 77.2. The summed E-state index contributed by atoms with van der Waals surface area (Å²) in [6, 6.07) is 65.6. The monoisotopic (exact) mass is 1870 g/mol. The van der Waals surface area contributed by atoms with Gasteiger partial charge in [0, 0.05) is 177 Å². The summed E-state index contributed by atoms with van der Waals surface area (Å²) in [5.41, 5.74) is 21.4. The van der Waals surface area contributed by atoms with Crippen LogP contribution in [0.1, 0.15) is 155 Å². The highest BCUT2D eigenvalue weighted by Crippen LogP contribution is 2.44. The molecule has 640 valence electrons. The number of benzene rings is 6. The maximum Gasteiger partial charge on any atom is 0.246 e. The van der Waals surface area contributed by atoms with Gasteiger partial charge in [0.2, 0.25) is 35.4 Å². The molecule has 6 atom stereocenters. The van der Waals surface area contributed by atoms with Gasteiger partial charge in [0.05, 0.1) is 24.5 Å². The molecule has 12 heterocycles. The third kappa shape index (κ3) is 22.1. The maximum atomic E-state index is 12.1. The average molecular weight is 1880 g/mol. The lowest BCUT2D eigenvalue weighted by atomic mass is 9.85. The summed E-state index contributed by atoms with van der Waals surface area (Å²) in [7, 11) is 0. The van der Waals surface area contributed by atoms with Crippen molar-refractivity contribution in [3.8, 4) is 0 Å². The number of rotatable bonds is 12. The van der Waals surface area contributed by atoms with Crippen LogP contribution in [0, 0.1) is 27.7 Å². The minimum absolute atomic E-state index is 0.0188. The number of carbonyl (C=O) groups is 6. The van der Waals surface area contributed by atoms with E-state index >= 15 is 0 Å². The molecule has 126 heavy (non-hydrogen) atoms. The third-order valence-corrected chi connectivity index (χ3v) is 26.8. The number of hydrogen-bond donors (Lipinski definition) is 0. The van der Waals surface area contributed by atoms with Crippen molar-refractivity contribution < 1.29 is 28.8 Å². The molecule has 0 unspecified atom stereocenters. The van der Waals surface area contributed by atoms with E-state index in [0.717, 1.165) is 66.8 Å². The second kappa shape index (κ2) is 42.9. The number of halogens is 4. The van der Waals surface area contributed by atoms with Crippen molar-refractivity contribution in [2.24, 2.45) is 0 Å². The van der Waals surface area contributed by atoms with E-state index in [0.29, 0.717) is 75.5 Å². The fourth-order valence-electron chi connectivity index (χ4n) is 17.3. The van der Waals surface area contributed by atoms with Crippen molar-refractivity contribution in [1.29, 1.82) is 0 Å². The molecule has 6 aliphatic rings. The van der Waals surface area contributed by atoms with Gasteiger partial charge in [0.25, 0.3) is 0 Å². The van der Waals surface area contributed by atoms with E-state index < -0.39 is 0 Å². The number of carbonyl (C=O) groups excluding carboxylic acids is 6. The Morgan fingerprint density at radius 1 is 0.333 bits per heavy atom. The van der Waals surface area contributed by atoms with Gasteiger partial charge in [-0.2, -0.15) is 0 Å². The molecule has 22 heteroatoms. The fourth-order valence-corrected chi connectivity index (χ4v) is 20.7. The smallest absolute Gasteiger partial charge is 0.246 e. The molecule has 18 rings (SSSR count). The molecule has 12 aromatic rings. The Morgan fingerprint density at radius 2 is 0.643 bits per heavy atom. The summed E-state index contributed by atoms with van der Waals surface area (Å²) in [5.74, 6) is 0.807. The van der Waals surface area contributed by atoms with E-state index in [9.17, 15) is 28.8 Å². The summed E-state index contributed by atoms with van der Waals surface area (Å²) < 4.78 is 1.86. The van der Waals surface area contributed by atoms with Crippen molar-refractivity contribution in [3.63, 3.8) is 0 Å². The topological polar surface area (TPSA) is 173 Å². The van der Waals surface area contributed by atoms with Crippen molar-refractivity contribution in [2.45, 2.75) is 102 Å². The van der Waals surface area contributed by atoms with Crippen LogP contribution < -0.4 is 0 Å². The van der Waals surface area contributed by atoms with Crippen molar-refractivity contribution >= 4 is 113 Å². The SMILES string of the molecule is C=CC(=O)N1Cc2cc(Br)cnc2[C@@H](c2ccccc2)C1.C=CC(=O)N1Cc2cc(Br)cnc2[C@H](c2ccccc2)C1.C=CC(=O)N1Cc2cc(Cl)ccc2[C@@H](c2cccnc2)C1.C=CC(=O)N1Cc2cc(Cl)ccc2[C@H](c2cccnc2)C1.C=CC(=O)N1Cc2sc(C)cc2[C@@H](c2ccccc2C)C1.C=CC(=O)N1Cc2sc(C)cc2[C@H](c2ccccc2C)C1. The molecule has 6 aliphatic heterocycles. The molecule has 0 radical (unpaired) electrons. The quantitative estimate of drug-likeness (QED) is 0.107. The minimum Gasteiger partial charge on any atom is -0.334 e. The van der Waals surface area contributed by atoms with Gasteiger partial charge < -0.3 is 29.4 Å². The summed E-state index contributed by atoms with van der Waals surface area (Å²) in [6.07, 6.45) is 19.1. The molecular formula is C104H98Br2Cl2N10O6S2. The van der Waals surface area contributed by atoms with E-state index in [4.69, 9.17) is 23.2 Å². The molecule has 0 spiro atoms. The van der Waals surface area contributed by atoms with E-state index in [-0.39, 0.29) is 71.0 Å². The normalized spacial score (nSPS) is 17.3. The molecule has 6 aromatic carbocycles. The Bertz CT molecular complexity index is 5420. The number of amides is 6. The van der Waals surface area contributed by atoms with Gasteiger partial charge in [-0.05, 0) is 246 Å². The van der Waals surface area contributed by atoms with Crippen LogP contribution in [0.3, 0.4) is 0 Å². The predicted octanol–water partition coefficient (Wildman–Crippen LogP) is 21.8. The van der Waals surface area contributed by atoms with Gasteiger partial charge in [-0.15, -0.1) is 22.7 Å². The molecule has 0 saturated heterocycles. The van der Waals surface area contributed by atoms with E-state index in [2.05, 4.69) is 204 Å². The molecule has 0 fully saturated rings. The van der Waals surface area contributed by atoms with Gasteiger partial charge in [-0.1, -0.05) is 196 Å². The van der Waals surface area contributed by atoms with Crippen molar-refractivity contribution in [1.82, 2.24) is 49.3 Å². The van der Waals surface area contributed by atoms with Crippen LogP contribution in [0.4, 0.5) is 0 Å². The van der Waals surface area contributed by atoms with E-state index in [1.807, 2.05) is 154 Å². The molecule has 6 amide bonds. The number of pyridine rings is 4. The predicted molar refractivity (Wildman–Crippen MR) is 513 cm³/mol. The highest BCUT2D eigenvalue weighted by atomic mass is 79.9. The van der Waals surface area contributed by atoms with Crippen LogP contribution in [0.5, 0.6) is 0 Å². The van der Waals surface area contributed by atoms with Gasteiger partial charge in [0.1, 0.15) is 0 Å². The second-order valence-electron chi connectivity index (χ2n) is 31.5. The first-order chi connectivity index (χ1) is 60.9. The van der Waals surface area contributed by atoms with Crippen molar-refractivity contribution in [3.05, 3.63) is 446 Å². The number of nitrogens with zero attached hydrogens (tertiary/aromatic N) is 10. The first kappa shape index (κ1) is 91.8. The lowest BCUT2D eigenvalue weighted by Crippen LogP contribution is -2.38. The molecule has 6 aromatic heterocycles. The summed E-state index contributed by atoms with van der Waals surface area (Å²) in [5, 5.41) is 1.37. The molecule has 0 bridgehead atoms. The summed E-state index contributed by atoms with van der Waals surface area (Å²) in [4.78, 5) is 106. The van der Waals surface area contributed by atoms with Gasteiger partial charge in [0.15, 0.2) is 0 Å². The van der Waals surface area contributed by atoms with Crippen LogP contribution in [0.2, 0.25) is 10.0 Å². The first-order valence-electron chi connectivity index (χ1n) is 41.5. The first-order valence-corrected chi connectivity index (χ1v) is 45.4. The number of thiophene rings is 2. The van der Waals surface area contributed by atoms with Gasteiger partial charge in [-0.3, -0.25) is 48.7 Å². The lowest BCUT2D eigenvalue weighted by Gasteiger charge is -2.34. The number of aromatic nitrogens is 4. The average Bonchev–Trinajstić information content (AvgIpc) is 1.61. The molecular weight excluding hydrogens is 1780 g/mol.